The van der Waals surface area contributed by atoms with Gasteiger partial charge in [-0.15, -0.1) is 0 Å². The van der Waals surface area contributed by atoms with Crippen LogP contribution in [0.3, 0.4) is 0 Å². The Kier molecular flexibility index (Phi) is 3.96. The molecule has 0 N–H and O–H groups in total. The van der Waals surface area contributed by atoms with Gasteiger partial charge in [0.05, 0.1) is 10.7 Å². The van der Waals surface area contributed by atoms with Crippen molar-refractivity contribution in [2.75, 3.05) is 12.3 Å². The van der Waals surface area contributed by atoms with Crippen LogP contribution in [0.5, 0.6) is 0 Å². The Morgan fingerprint density at radius 2 is 1.80 bits per heavy atom. The smallest absolute Gasteiger partial charge is 0.254 e. The summed E-state index contributed by atoms with van der Waals surface area (Å²) in [7, 11) is -3.21. The van der Waals surface area contributed by atoms with Gasteiger partial charge in [0, 0.05) is 18.7 Å². The van der Waals surface area contributed by atoms with Crippen molar-refractivity contribution in [3.63, 3.8) is 0 Å². The highest BCUT2D eigenvalue weighted by Gasteiger charge is 2.26. The van der Waals surface area contributed by atoms with Crippen molar-refractivity contribution >= 4 is 20.6 Å². The van der Waals surface area contributed by atoms with E-state index in [1.807, 2.05) is 17.0 Å². The molecule has 1 amide bonds. The Hall–Kier alpha value is -2.40. The fraction of sp³-hybridized carbons (Fsp3) is 0.250. The van der Waals surface area contributed by atoms with E-state index in [4.69, 9.17) is 0 Å². The number of rotatable bonds is 2. The van der Waals surface area contributed by atoms with Gasteiger partial charge in [-0.1, -0.05) is 42.5 Å². The number of carbonyl (C=O) groups excluding carboxylic acids is 1. The first-order chi connectivity index (χ1) is 12.0. The first-order valence-electron chi connectivity index (χ1n) is 8.44. The van der Waals surface area contributed by atoms with Gasteiger partial charge in [0.25, 0.3) is 5.91 Å². The molecule has 0 bridgehead atoms. The molecule has 0 aliphatic carbocycles. The van der Waals surface area contributed by atoms with E-state index in [0.717, 1.165) is 6.42 Å². The average Bonchev–Trinajstić information content (AvgIpc) is 3.00. The SMILES string of the molecule is O=C(c1cccc(C2=CCCS2(=O)=O)c1)N1CCc2ccccc2C1. The van der Waals surface area contributed by atoms with E-state index in [2.05, 4.69) is 12.1 Å². The molecule has 0 unspecified atom stereocenters. The van der Waals surface area contributed by atoms with Gasteiger partial charge in [0.2, 0.25) is 0 Å². The molecule has 5 heteroatoms. The molecule has 0 saturated carbocycles. The van der Waals surface area contributed by atoms with Gasteiger partial charge in [-0.25, -0.2) is 8.42 Å². The number of nitrogens with zero attached hydrogens (tertiary/aromatic N) is 1. The average molecular weight is 353 g/mol. The number of allylic oxidation sites excluding steroid dienone is 1. The first-order valence-corrected chi connectivity index (χ1v) is 10.1. The Morgan fingerprint density at radius 3 is 2.56 bits per heavy atom. The molecule has 2 heterocycles. The topological polar surface area (TPSA) is 54.5 Å². The van der Waals surface area contributed by atoms with E-state index < -0.39 is 9.84 Å². The van der Waals surface area contributed by atoms with Crippen LogP contribution in [0.1, 0.15) is 33.5 Å². The molecule has 2 aromatic carbocycles. The number of fused-ring (bicyclic) bond motifs is 1. The summed E-state index contributed by atoms with van der Waals surface area (Å²) >= 11 is 0. The highest BCUT2D eigenvalue weighted by atomic mass is 32.2. The molecule has 128 valence electrons. The molecule has 2 aliphatic rings. The molecule has 0 aromatic heterocycles. The molecule has 0 atom stereocenters. The zero-order valence-corrected chi connectivity index (χ0v) is 14.6. The highest BCUT2D eigenvalue weighted by Crippen LogP contribution is 2.29. The van der Waals surface area contributed by atoms with Crippen molar-refractivity contribution in [2.45, 2.75) is 19.4 Å². The summed E-state index contributed by atoms with van der Waals surface area (Å²) < 4.78 is 24.2. The molecule has 0 radical (unpaired) electrons. The van der Waals surface area contributed by atoms with Crippen LogP contribution in [0.25, 0.3) is 4.91 Å². The minimum Gasteiger partial charge on any atom is -0.334 e. The fourth-order valence-corrected chi connectivity index (χ4v) is 5.04. The zero-order valence-electron chi connectivity index (χ0n) is 13.8. The van der Waals surface area contributed by atoms with Crippen LogP contribution < -0.4 is 0 Å². The lowest BCUT2D eigenvalue weighted by molar-refractivity contribution is 0.0734. The summed E-state index contributed by atoms with van der Waals surface area (Å²) in [5.74, 6) is 0.107. The number of hydrogen-bond acceptors (Lipinski definition) is 3. The lowest BCUT2D eigenvalue weighted by Crippen LogP contribution is -2.35. The van der Waals surface area contributed by atoms with Crippen molar-refractivity contribution in [3.05, 3.63) is 76.9 Å². The minimum atomic E-state index is -3.21. The number of benzene rings is 2. The van der Waals surface area contributed by atoms with Crippen LogP contribution in [0, 0.1) is 0 Å². The zero-order chi connectivity index (χ0) is 17.4. The fourth-order valence-electron chi connectivity index (χ4n) is 3.54. The summed E-state index contributed by atoms with van der Waals surface area (Å²) in [6, 6.07) is 15.2. The van der Waals surface area contributed by atoms with Gasteiger partial charge < -0.3 is 4.90 Å². The number of sulfone groups is 1. The standard InChI is InChI=1S/C20H19NO3S/c22-20(21-11-10-15-5-1-2-6-18(15)14-21)17-8-3-7-16(13-17)19-9-4-12-25(19,23)24/h1-3,5-9,13H,4,10-12,14H2. The largest absolute Gasteiger partial charge is 0.334 e. The first kappa shape index (κ1) is 16.1. The van der Waals surface area contributed by atoms with Crippen molar-refractivity contribution in [3.8, 4) is 0 Å². The molecule has 0 spiro atoms. The lowest BCUT2D eigenvalue weighted by atomic mass is 9.99. The second-order valence-electron chi connectivity index (χ2n) is 6.50. The summed E-state index contributed by atoms with van der Waals surface area (Å²) in [5.41, 5.74) is 3.63. The molecular weight excluding hydrogens is 334 g/mol. The van der Waals surface area contributed by atoms with E-state index in [0.29, 0.717) is 35.5 Å². The minimum absolute atomic E-state index is 0.0488. The molecule has 0 saturated heterocycles. The van der Waals surface area contributed by atoms with Crippen LogP contribution >= 0.6 is 0 Å². The van der Waals surface area contributed by atoms with Crippen LogP contribution in [-0.2, 0) is 22.8 Å². The summed E-state index contributed by atoms with van der Waals surface area (Å²) in [6.07, 6.45) is 3.13. The number of carbonyl (C=O) groups is 1. The van der Waals surface area contributed by atoms with E-state index in [1.165, 1.54) is 11.1 Å². The van der Waals surface area contributed by atoms with Crippen LogP contribution in [0.4, 0.5) is 0 Å². The Labute approximate surface area is 147 Å². The summed E-state index contributed by atoms with van der Waals surface area (Å²) in [5, 5.41) is 0. The summed E-state index contributed by atoms with van der Waals surface area (Å²) in [6.45, 7) is 1.28. The van der Waals surface area contributed by atoms with E-state index in [1.54, 1.807) is 30.3 Å². The maximum atomic E-state index is 12.9. The predicted octanol–water partition coefficient (Wildman–Crippen LogP) is 3.04. The third-order valence-corrected chi connectivity index (χ3v) is 6.71. The summed E-state index contributed by atoms with van der Waals surface area (Å²) in [4.78, 5) is 15.1. The Bertz CT molecular complexity index is 976. The molecule has 2 aromatic rings. The van der Waals surface area contributed by atoms with Crippen molar-refractivity contribution < 1.29 is 13.2 Å². The van der Waals surface area contributed by atoms with Gasteiger partial charge in [0.1, 0.15) is 0 Å². The van der Waals surface area contributed by atoms with Crippen LogP contribution in [-0.4, -0.2) is 31.5 Å². The van der Waals surface area contributed by atoms with Gasteiger partial charge in [-0.2, -0.15) is 0 Å². The third-order valence-electron chi connectivity index (χ3n) is 4.86. The van der Waals surface area contributed by atoms with E-state index in [-0.39, 0.29) is 11.7 Å². The van der Waals surface area contributed by atoms with E-state index in [9.17, 15) is 13.2 Å². The monoisotopic (exact) mass is 353 g/mol. The van der Waals surface area contributed by atoms with Crippen LogP contribution in [0.2, 0.25) is 0 Å². The quantitative estimate of drug-likeness (QED) is 0.834. The Morgan fingerprint density at radius 1 is 1.00 bits per heavy atom. The second-order valence-corrected chi connectivity index (χ2v) is 8.58. The second kappa shape index (κ2) is 6.15. The van der Waals surface area contributed by atoms with Crippen molar-refractivity contribution in [1.82, 2.24) is 4.90 Å². The van der Waals surface area contributed by atoms with E-state index >= 15 is 0 Å². The maximum absolute atomic E-state index is 12.9. The van der Waals surface area contributed by atoms with Gasteiger partial charge in [-0.05, 0) is 41.7 Å². The third kappa shape index (κ3) is 3.00. The molecule has 4 rings (SSSR count). The predicted molar refractivity (Wildman–Crippen MR) is 97.7 cm³/mol. The molecule has 0 fully saturated rings. The normalized spacial score (nSPS) is 18.6. The van der Waals surface area contributed by atoms with Gasteiger partial charge in [-0.3, -0.25) is 4.79 Å². The molecule has 2 aliphatic heterocycles. The lowest BCUT2D eigenvalue weighted by Gasteiger charge is -2.29. The number of amides is 1. The Balaban J connectivity index is 1.61. The maximum Gasteiger partial charge on any atom is 0.254 e. The van der Waals surface area contributed by atoms with Crippen molar-refractivity contribution in [2.24, 2.45) is 0 Å². The molecule has 25 heavy (non-hydrogen) atoms. The van der Waals surface area contributed by atoms with Crippen molar-refractivity contribution in [1.29, 1.82) is 0 Å². The highest BCUT2D eigenvalue weighted by molar-refractivity contribution is 8.00. The van der Waals surface area contributed by atoms with Gasteiger partial charge in [0.15, 0.2) is 9.84 Å². The van der Waals surface area contributed by atoms with Crippen LogP contribution in [0.15, 0.2) is 54.6 Å². The molecule has 4 nitrogen and oxygen atoms in total. The molecular formula is C20H19NO3S. The number of hydrogen-bond donors (Lipinski definition) is 0. The van der Waals surface area contributed by atoms with Gasteiger partial charge >= 0.3 is 0 Å².